The first-order valence-electron chi connectivity index (χ1n) is 23.1. The van der Waals surface area contributed by atoms with Crippen LogP contribution in [0.3, 0.4) is 0 Å². The van der Waals surface area contributed by atoms with Gasteiger partial charge in [0.2, 0.25) is 0 Å². The van der Waals surface area contributed by atoms with Gasteiger partial charge in [0.15, 0.2) is 18.7 Å². The monoisotopic (exact) mass is 924 g/mol. The van der Waals surface area contributed by atoms with Gasteiger partial charge < -0.3 is 52.5 Å². The molecule has 10 atom stereocenters. The number of hydrogen-bond donors (Lipinski definition) is 1. The van der Waals surface area contributed by atoms with Crippen LogP contribution in [0.4, 0.5) is 0 Å². The van der Waals surface area contributed by atoms with Crippen LogP contribution in [0.25, 0.3) is 0 Å². The van der Waals surface area contributed by atoms with E-state index in [-0.39, 0.29) is 46.2 Å². The number of carbonyl (C=O) groups is 1. The molecule has 0 aliphatic carbocycles. The summed E-state index contributed by atoms with van der Waals surface area (Å²) in [6, 6.07) is 58.5. The molecular formula is C56H60O12. The van der Waals surface area contributed by atoms with Crippen LogP contribution in [-0.4, -0.2) is 85.7 Å². The first-order chi connectivity index (χ1) is 33.5. The molecule has 2 aliphatic heterocycles. The Balaban J connectivity index is 1.16. The van der Waals surface area contributed by atoms with Crippen LogP contribution >= 0.6 is 0 Å². The van der Waals surface area contributed by atoms with Crippen molar-refractivity contribution in [1.82, 2.24) is 0 Å². The van der Waals surface area contributed by atoms with E-state index in [4.69, 9.17) is 47.4 Å². The van der Waals surface area contributed by atoms with Crippen molar-refractivity contribution in [3.63, 3.8) is 0 Å². The molecule has 0 spiro atoms. The van der Waals surface area contributed by atoms with Gasteiger partial charge in [-0.1, -0.05) is 182 Å². The Morgan fingerprint density at radius 2 is 0.735 bits per heavy atom. The number of esters is 1. The van der Waals surface area contributed by atoms with Gasteiger partial charge in [0.1, 0.15) is 42.7 Å². The van der Waals surface area contributed by atoms with Crippen LogP contribution in [0, 0.1) is 0 Å². The van der Waals surface area contributed by atoms with Crippen molar-refractivity contribution in [2.75, 3.05) is 13.2 Å². The molecule has 0 aromatic heterocycles. The molecule has 12 nitrogen and oxygen atoms in total. The fourth-order valence-corrected chi connectivity index (χ4v) is 8.35. The van der Waals surface area contributed by atoms with Crippen LogP contribution in [-0.2, 0) is 91.8 Å². The molecule has 6 aromatic rings. The summed E-state index contributed by atoms with van der Waals surface area (Å²) in [5.41, 5.74) is 5.53. The van der Waals surface area contributed by atoms with Crippen LogP contribution in [0.5, 0.6) is 0 Å². The summed E-state index contributed by atoms with van der Waals surface area (Å²) in [5, 5.41) is 11.8. The number of carbonyl (C=O) groups excluding carboxylic acids is 1. The average molecular weight is 925 g/mol. The molecule has 0 amide bonds. The zero-order chi connectivity index (χ0) is 46.8. The minimum atomic E-state index is -1.45. The maximum atomic E-state index is 13.3. The first-order valence-corrected chi connectivity index (χ1v) is 23.1. The molecule has 2 aliphatic rings. The van der Waals surface area contributed by atoms with Crippen molar-refractivity contribution in [3.8, 4) is 0 Å². The minimum Gasteiger partial charge on any atom is -0.454 e. The molecular weight excluding hydrogens is 865 g/mol. The summed E-state index contributed by atoms with van der Waals surface area (Å²) >= 11 is 0. The predicted molar refractivity (Wildman–Crippen MR) is 252 cm³/mol. The Labute approximate surface area is 398 Å². The van der Waals surface area contributed by atoms with E-state index < -0.39 is 67.4 Å². The lowest BCUT2D eigenvalue weighted by Crippen LogP contribution is -2.66. The van der Waals surface area contributed by atoms with Crippen molar-refractivity contribution in [1.29, 1.82) is 0 Å². The van der Waals surface area contributed by atoms with E-state index in [9.17, 15) is 9.90 Å². The average Bonchev–Trinajstić information content (AvgIpc) is 3.37. The molecule has 0 bridgehead atoms. The third-order valence-electron chi connectivity index (χ3n) is 11.7. The number of aliphatic hydroxyl groups excluding tert-OH is 1. The molecule has 0 saturated carbocycles. The number of benzene rings is 6. The van der Waals surface area contributed by atoms with Gasteiger partial charge in [-0.15, -0.1) is 0 Å². The van der Waals surface area contributed by atoms with Crippen molar-refractivity contribution in [3.05, 3.63) is 215 Å². The summed E-state index contributed by atoms with van der Waals surface area (Å²) in [6.07, 6.45) is -10.5. The molecule has 12 heteroatoms. The molecule has 2 saturated heterocycles. The third kappa shape index (κ3) is 14.2. The SMILES string of the molecule is CC(=O)OC1[C@H](O[C@H]2C(COCc3ccccc3)O[C@H](O)C(OCc3ccccc3)[C@H]2OCc2ccccc2)OC(COCc2ccccc2)[C@@H](OCc2ccccc2)[C@@H]1OCc1ccccc1. The smallest absolute Gasteiger partial charge is 0.303 e. The summed E-state index contributed by atoms with van der Waals surface area (Å²) < 4.78 is 66.4. The lowest BCUT2D eigenvalue weighted by atomic mass is 9.95. The lowest BCUT2D eigenvalue weighted by Gasteiger charge is -2.49. The summed E-state index contributed by atoms with van der Waals surface area (Å²) in [4.78, 5) is 13.3. The molecule has 356 valence electrons. The zero-order valence-corrected chi connectivity index (χ0v) is 38.2. The van der Waals surface area contributed by atoms with Crippen LogP contribution in [0.2, 0.25) is 0 Å². The Kier molecular flexibility index (Phi) is 18.4. The predicted octanol–water partition coefficient (Wildman–Crippen LogP) is 8.52. The fraction of sp³-hybridized carbons (Fsp3) is 0.339. The van der Waals surface area contributed by atoms with Gasteiger partial charge in [0.25, 0.3) is 0 Å². The van der Waals surface area contributed by atoms with Crippen LogP contribution in [0.1, 0.15) is 40.3 Å². The number of hydrogen-bond acceptors (Lipinski definition) is 12. The van der Waals surface area contributed by atoms with Gasteiger partial charge in [-0.2, -0.15) is 0 Å². The summed E-state index contributed by atoms with van der Waals surface area (Å²) in [7, 11) is 0. The standard InChI is InChI=1S/C56H60O12/c1-40(57)65-54-51(62-35-44-26-14-5-15-27-44)49(61-34-43-24-12-4-13-25-43)47(38-59-32-41-20-8-2-9-21-41)67-56(54)68-50-48(39-60-33-42-22-10-3-11-23-42)66-55(58)53(64-37-46-30-18-7-19-31-46)52(50)63-36-45-28-16-6-17-29-45/h2-31,47-56,58H,32-39H2,1H3/t47?,48?,49-,50+,51+,52+,53?,54?,55+,56+/m1/s1. The van der Waals surface area contributed by atoms with Gasteiger partial charge in [-0.05, 0) is 33.4 Å². The van der Waals surface area contributed by atoms with E-state index in [1.165, 1.54) is 6.92 Å². The van der Waals surface area contributed by atoms with Crippen LogP contribution < -0.4 is 0 Å². The lowest BCUT2D eigenvalue weighted by molar-refractivity contribution is -0.370. The zero-order valence-electron chi connectivity index (χ0n) is 38.2. The Morgan fingerprint density at radius 3 is 1.12 bits per heavy atom. The number of aliphatic hydroxyl groups is 1. The Morgan fingerprint density at radius 1 is 0.412 bits per heavy atom. The number of rotatable bonds is 23. The molecule has 2 fully saturated rings. The summed E-state index contributed by atoms with van der Waals surface area (Å²) in [5.74, 6) is -0.583. The molecule has 2 heterocycles. The topological polar surface area (TPSA) is 130 Å². The van der Waals surface area contributed by atoms with E-state index in [0.717, 1.165) is 33.4 Å². The van der Waals surface area contributed by atoms with Gasteiger partial charge in [0.05, 0.1) is 52.9 Å². The van der Waals surface area contributed by atoms with E-state index in [1.807, 2.05) is 182 Å². The molecule has 6 aromatic carbocycles. The molecule has 1 N–H and O–H groups in total. The van der Waals surface area contributed by atoms with Crippen molar-refractivity contribution in [2.24, 2.45) is 0 Å². The Hall–Kier alpha value is -5.61. The first kappa shape index (κ1) is 48.8. The van der Waals surface area contributed by atoms with Crippen molar-refractivity contribution in [2.45, 2.75) is 108 Å². The maximum absolute atomic E-state index is 13.3. The van der Waals surface area contributed by atoms with E-state index in [1.54, 1.807) is 0 Å². The molecule has 4 unspecified atom stereocenters. The van der Waals surface area contributed by atoms with Gasteiger partial charge >= 0.3 is 5.97 Å². The van der Waals surface area contributed by atoms with Crippen LogP contribution in [0.15, 0.2) is 182 Å². The molecule has 68 heavy (non-hydrogen) atoms. The molecule has 0 radical (unpaired) electrons. The quantitative estimate of drug-likeness (QED) is 0.0619. The highest BCUT2D eigenvalue weighted by atomic mass is 16.8. The van der Waals surface area contributed by atoms with Gasteiger partial charge in [-0.25, -0.2) is 0 Å². The van der Waals surface area contributed by atoms with E-state index in [2.05, 4.69) is 0 Å². The fourth-order valence-electron chi connectivity index (χ4n) is 8.35. The third-order valence-corrected chi connectivity index (χ3v) is 11.7. The normalized spacial score (nSPS) is 24.9. The minimum absolute atomic E-state index is 0.0153. The highest BCUT2D eigenvalue weighted by Gasteiger charge is 2.55. The summed E-state index contributed by atoms with van der Waals surface area (Å²) in [6.45, 7) is 2.60. The second kappa shape index (κ2) is 25.7. The van der Waals surface area contributed by atoms with Gasteiger partial charge in [-0.3, -0.25) is 4.79 Å². The second-order valence-electron chi connectivity index (χ2n) is 16.8. The molecule has 8 rings (SSSR count). The second-order valence-corrected chi connectivity index (χ2v) is 16.8. The van der Waals surface area contributed by atoms with E-state index in [0.29, 0.717) is 6.61 Å². The van der Waals surface area contributed by atoms with Crippen molar-refractivity contribution < 1.29 is 57.3 Å². The largest absolute Gasteiger partial charge is 0.454 e. The highest BCUT2D eigenvalue weighted by molar-refractivity contribution is 5.66. The Bertz CT molecular complexity index is 2330. The number of ether oxygens (including phenoxy) is 10. The maximum Gasteiger partial charge on any atom is 0.303 e. The highest BCUT2D eigenvalue weighted by Crippen LogP contribution is 2.36. The van der Waals surface area contributed by atoms with E-state index >= 15 is 0 Å². The van der Waals surface area contributed by atoms with Gasteiger partial charge in [0, 0.05) is 6.92 Å². The van der Waals surface area contributed by atoms with Crippen molar-refractivity contribution >= 4 is 5.97 Å².